The zero-order valence-electron chi connectivity index (χ0n) is 11.8. The van der Waals surface area contributed by atoms with Crippen molar-refractivity contribution in [1.29, 1.82) is 0 Å². The van der Waals surface area contributed by atoms with Gasteiger partial charge in [-0.05, 0) is 0 Å². The van der Waals surface area contributed by atoms with Crippen LogP contribution in [0.2, 0.25) is 13.1 Å². The van der Waals surface area contributed by atoms with Crippen LogP contribution in [0, 0.1) is 6.08 Å². The van der Waals surface area contributed by atoms with Crippen LogP contribution in [0.1, 0.15) is 6.42 Å². The third-order valence-electron chi connectivity index (χ3n) is 2.13. The predicted octanol–water partition coefficient (Wildman–Crippen LogP) is 5.49. The van der Waals surface area contributed by atoms with E-state index in [1.807, 2.05) is 12.2 Å². The van der Waals surface area contributed by atoms with Crippen molar-refractivity contribution in [3.05, 3.63) is 66.8 Å². The van der Waals surface area contributed by atoms with Gasteiger partial charge in [0.2, 0.25) is 0 Å². The van der Waals surface area contributed by atoms with Crippen LogP contribution in [0.4, 0.5) is 0 Å². The van der Waals surface area contributed by atoms with Crippen LogP contribution in [0.5, 0.6) is 0 Å². The first-order chi connectivity index (χ1) is 8.70. The van der Waals surface area contributed by atoms with E-state index in [1.54, 1.807) is 23.3 Å². The normalized spacial score (nSPS) is 10.4. The Morgan fingerprint density at radius 1 is 1.15 bits per heavy atom. The second-order valence-electron chi connectivity index (χ2n) is 4.16. The Bertz CT molecular complexity index is 500. The molecule has 2 aromatic rings. The Morgan fingerprint density at radius 3 is 2.25 bits per heavy atom. The van der Waals surface area contributed by atoms with Crippen LogP contribution in [0.3, 0.4) is 0 Å². The van der Waals surface area contributed by atoms with E-state index in [1.165, 1.54) is 10.8 Å². The molecule has 0 nitrogen and oxygen atoms in total. The molecule has 0 spiro atoms. The van der Waals surface area contributed by atoms with Crippen molar-refractivity contribution >= 4 is 41.0 Å². The Labute approximate surface area is 149 Å². The molecule has 0 saturated heterocycles. The fraction of sp³-hybridized carbons (Fsp3) is 0.188. The molecule has 0 N–H and O–H groups in total. The first kappa shape index (κ1) is 22.3. The maximum absolute atomic E-state index is 2.99. The topological polar surface area (TPSA) is 0 Å². The summed E-state index contributed by atoms with van der Waals surface area (Å²) in [5, 5.41) is 2.66. The summed E-state index contributed by atoms with van der Waals surface area (Å²) >= 11 is 1.74. The van der Waals surface area contributed by atoms with Crippen LogP contribution >= 0.6 is 24.8 Å². The molecule has 4 heteroatoms. The van der Waals surface area contributed by atoms with Gasteiger partial charge < -0.3 is 0 Å². The number of fused-ring (bicyclic) bond motifs is 1. The fourth-order valence-corrected chi connectivity index (χ4v) is 1.41. The zero-order chi connectivity index (χ0) is 13.2. The van der Waals surface area contributed by atoms with Crippen LogP contribution in [-0.2, 0) is 23.3 Å². The van der Waals surface area contributed by atoms with Crippen molar-refractivity contribution < 1.29 is 23.3 Å². The van der Waals surface area contributed by atoms with Crippen molar-refractivity contribution in [2.75, 3.05) is 0 Å². The molecule has 0 aromatic heterocycles. The van der Waals surface area contributed by atoms with E-state index in [2.05, 4.69) is 67.7 Å². The standard InChI is InChI=1S/C9H7.C5H5.C2H6Si.2ClH.Zr/c1-2-5-9-7-3-6-8(9)4-1;1-2-4-5-3-1;1-3-2;;;/h1-7H;1-3H,4H2;1-2H3;2*1H;/q2*-1;;;;+2. The molecule has 1 aliphatic carbocycles. The Balaban J connectivity index is 0. The minimum atomic E-state index is 0. The van der Waals surface area contributed by atoms with E-state index >= 15 is 0 Å². The molecule has 106 valence electrons. The van der Waals surface area contributed by atoms with Gasteiger partial charge in [0.1, 0.15) is 0 Å². The molecule has 20 heavy (non-hydrogen) atoms. The van der Waals surface area contributed by atoms with Crippen molar-refractivity contribution in [3.63, 3.8) is 0 Å². The number of hydrogen-bond donors (Lipinski definition) is 0. The van der Waals surface area contributed by atoms with E-state index in [0.29, 0.717) is 0 Å². The van der Waals surface area contributed by atoms with E-state index < -0.39 is 0 Å². The minimum Gasteiger partial charge on any atom is -0.273 e. The van der Waals surface area contributed by atoms with Gasteiger partial charge in [-0.15, -0.1) is 60.9 Å². The van der Waals surface area contributed by atoms with Crippen LogP contribution in [0.25, 0.3) is 10.8 Å². The van der Waals surface area contributed by atoms with Gasteiger partial charge in [-0.2, -0.15) is 23.6 Å². The Morgan fingerprint density at radius 2 is 1.80 bits per heavy atom. The summed E-state index contributed by atoms with van der Waals surface area (Å²) in [4.78, 5) is 0. The van der Waals surface area contributed by atoms with E-state index in [9.17, 15) is 0 Å². The summed E-state index contributed by atoms with van der Waals surface area (Å²) in [6, 6.07) is 14.7. The Hall–Kier alpha value is -0.01000. The summed E-state index contributed by atoms with van der Waals surface area (Å²) in [6.07, 6.45) is 10.0. The number of hydrogen-bond acceptors (Lipinski definition) is 0. The summed E-state index contributed by atoms with van der Waals surface area (Å²) in [7, 11) is 0. The molecule has 0 aliphatic heterocycles. The average Bonchev–Trinajstić information content (AvgIpc) is 3.03. The monoisotopic (exact) mass is 400 g/mol. The van der Waals surface area contributed by atoms with Gasteiger partial charge in [0.25, 0.3) is 0 Å². The van der Waals surface area contributed by atoms with Gasteiger partial charge in [0.05, 0.1) is 0 Å². The molecule has 1 aliphatic rings. The zero-order valence-corrected chi connectivity index (χ0v) is 16.9. The molecular formula is C16H20Cl2SiZr. The van der Waals surface area contributed by atoms with E-state index in [0.717, 1.165) is 6.42 Å². The van der Waals surface area contributed by atoms with Crippen LogP contribution in [-0.4, -0.2) is 5.43 Å². The summed E-state index contributed by atoms with van der Waals surface area (Å²) < 4.78 is 0. The Kier molecular flexibility index (Phi) is 15.5. The predicted molar refractivity (Wildman–Crippen MR) is 93.1 cm³/mol. The van der Waals surface area contributed by atoms with Gasteiger partial charge in [0.15, 0.2) is 0 Å². The smallest absolute Gasteiger partial charge is 0.0809 e. The maximum atomic E-state index is 2.99. The molecular weight excluding hydrogens is 382 g/mol. The van der Waals surface area contributed by atoms with Crippen molar-refractivity contribution in [2.45, 2.75) is 19.5 Å². The van der Waals surface area contributed by atoms with E-state index in [-0.39, 0.29) is 30.2 Å². The van der Waals surface area contributed by atoms with Gasteiger partial charge >= 0.3 is 41.9 Å². The molecule has 0 unspecified atom stereocenters. The van der Waals surface area contributed by atoms with Crippen molar-refractivity contribution in [3.8, 4) is 0 Å². The molecule has 2 aromatic carbocycles. The number of allylic oxidation sites excluding steroid dienone is 4. The average molecular weight is 403 g/mol. The third-order valence-corrected chi connectivity index (χ3v) is 2.13. The number of rotatable bonds is 0. The number of benzene rings is 1. The first-order valence-corrected chi connectivity index (χ1v) is 12.2. The molecule has 0 heterocycles. The summed E-state index contributed by atoms with van der Waals surface area (Å²) in [6.45, 7) is 4.62. The van der Waals surface area contributed by atoms with Crippen molar-refractivity contribution in [1.82, 2.24) is 0 Å². The van der Waals surface area contributed by atoms with Gasteiger partial charge in [-0.3, -0.25) is 6.08 Å². The van der Waals surface area contributed by atoms with Crippen LogP contribution in [0.15, 0.2) is 60.7 Å². The first-order valence-electron chi connectivity index (χ1n) is 6.04. The van der Waals surface area contributed by atoms with Crippen molar-refractivity contribution in [2.24, 2.45) is 0 Å². The SMILES string of the molecule is C[Si](C)=[Zr+2].Cl.Cl.[C-]1=CC=CC1.c1ccc2[cH-]ccc2c1. The summed E-state index contributed by atoms with van der Waals surface area (Å²) in [5.41, 5.74) is 0.210. The fourth-order valence-electron chi connectivity index (χ4n) is 1.41. The maximum Gasteiger partial charge on any atom is -0.0809 e. The minimum absolute atomic E-state index is 0. The third kappa shape index (κ3) is 10.7. The molecule has 0 fully saturated rings. The number of halogens is 2. The molecule has 0 radical (unpaired) electrons. The second-order valence-corrected chi connectivity index (χ2v) is 13.5. The van der Waals surface area contributed by atoms with Gasteiger partial charge in [-0.1, -0.05) is 6.07 Å². The molecule has 0 saturated carbocycles. The van der Waals surface area contributed by atoms with Crippen LogP contribution < -0.4 is 0 Å². The van der Waals surface area contributed by atoms with Gasteiger partial charge in [0, 0.05) is 0 Å². The largest absolute Gasteiger partial charge is 0.273 e. The molecule has 0 amide bonds. The molecule has 3 rings (SSSR count). The van der Waals surface area contributed by atoms with E-state index in [4.69, 9.17) is 0 Å². The second kappa shape index (κ2) is 13.9. The quantitative estimate of drug-likeness (QED) is 0.404. The summed E-state index contributed by atoms with van der Waals surface area (Å²) in [5.74, 6) is 0. The van der Waals surface area contributed by atoms with Gasteiger partial charge in [-0.25, -0.2) is 12.2 Å². The molecule has 0 bridgehead atoms. The molecule has 0 atom stereocenters.